The summed E-state index contributed by atoms with van der Waals surface area (Å²) < 4.78 is 10.5. The molecule has 1 aromatic rings. The molecule has 0 saturated heterocycles. The van der Waals surface area contributed by atoms with Crippen molar-refractivity contribution in [2.45, 2.75) is 32.1 Å². The Morgan fingerprint density at radius 2 is 1.41 bits per heavy atom. The minimum atomic E-state index is -3.80. The van der Waals surface area contributed by atoms with Gasteiger partial charge in [0.15, 0.2) is 0 Å². The van der Waals surface area contributed by atoms with Crippen molar-refractivity contribution < 1.29 is 34.2 Å². The molecule has 0 heterocycles. The van der Waals surface area contributed by atoms with Gasteiger partial charge in [-0.25, -0.2) is 0 Å². The van der Waals surface area contributed by atoms with Crippen molar-refractivity contribution in [3.05, 3.63) is 35.9 Å². The molecule has 0 amide bonds. The summed E-state index contributed by atoms with van der Waals surface area (Å²) in [6.07, 6.45) is 1.32. The third-order valence-corrected chi connectivity index (χ3v) is 3.44. The topological polar surface area (TPSA) is 132 Å². The fourth-order valence-electron chi connectivity index (χ4n) is 1.52. The number of carboxylic acid groups (broad SMARTS) is 2. The van der Waals surface area contributed by atoms with Crippen LogP contribution in [-0.2, 0) is 20.6 Å². The summed E-state index contributed by atoms with van der Waals surface area (Å²) in [5.41, 5.74) is 1.12. The highest BCUT2D eigenvalue weighted by Gasteiger charge is 2.11. The van der Waals surface area contributed by atoms with Crippen LogP contribution in [0.2, 0.25) is 0 Å². The van der Waals surface area contributed by atoms with Gasteiger partial charge in [-0.05, 0) is 24.8 Å². The lowest BCUT2D eigenvalue weighted by molar-refractivity contribution is -0.138. The van der Waals surface area contributed by atoms with Crippen LogP contribution in [0.1, 0.15) is 31.2 Å². The van der Waals surface area contributed by atoms with Crippen LogP contribution >= 0.6 is 7.60 Å². The van der Waals surface area contributed by atoms with E-state index in [1.165, 1.54) is 0 Å². The Balaban J connectivity index is 0.000000433. The highest BCUT2D eigenvalue weighted by Crippen LogP contribution is 2.35. The summed E-state index contributed by atoms with van der Waals surface area (Å²) in [5, 5.41) is 16.1. The molecule has 0 saturated carbocycles. The van der Waals surface area contributed by atoms with Crippen molar-refractivity contribution in [1.29, 1.82) is 0 Å². The minimum absolute atomic E-state index is 0.0259. The van der Waals surface area contributed by atoms with Gasteiger partial charge in [-0.1, -0.05) is 30.3 Å². The van der Waals surface area contributed by atoms with Crippen molar-refractivity contribution in [3.8, 4) is 0 Å². The second-order valence-corrected chi connectivity index (χ2v) is 6.40. The molecule has 1 rings (SSSR count). The molecule has 124 valence electrons. The van der Waals surface area contributed by atoms with Crippen molar-refractivity contribution in [3.63, 3.8) is 0 Å². The van der Waals surface area contributed by atoms with Crippen molar-refractivity contribution in [2.75, 3.05) is 6.16 Å². The SMILES string of the molecule is O=C(O)CCCC(=O)O.O=P(O)(O)CCCc1ccccc1. The van der Waals surface area contributed by atoms with Crippen LogP contribution in [0.4, 0.5) is 0 Å². The molecule has 0 radical (unpaired) electrons. The average Bonchev–Trinajstić information content (AvgIpc) is 2.38. The smallest absolute Gasteiger partial charge is 0.325 e. The van der Waals surface area contributed by atoms with Crippen LogP contribution in [0.15, 0.2) is 30.3 Å². The number of benzene rings is 1. The largest absolute Gasteiger partial charge is 0.481 e. The van der Waals surface area contributed by atoms with Crippen LogP contribution in [0, 0.1) is 0 Å². The quantitative estimate of drug-likeness (QED) is 0.536. The molecule has 0 aliphatic carbocycles. The Kier molecular flexibility index (Phi) is 10.1. The molecule has 0 spiro atoms. The zero-order chi connectivity index (χ0) is 17.0. The Hall–Kier alpha value is -1.69. The standard InChI is InChI=1S/C9H13O3P.C5H8O4/c10-13(11,12)8-4-7-9-5-2-1-3-6-9;6-4(7)2-1-3-5(8)9/h1-3,5-6H,4,7-8H2,(H2,10,11,12);1-3H2,(H,6,7)(H,8,9). The number of rotatable bonds is 8. The van der Waals surface area contributed by atoms with E-state index in [-0.39, 0.29) is 25.4 Å². The molecule has 1 aromatic carbocycles. The molecule has 0 unspecified atom stereocenters. The van der Waals surface area contributed by atoms with Gasteiger partial charge in [0.1, 0.15) is 0 Å². The zero-order valence-electron chi connectivity index (χ0n) is 12.1. The second-order valence-electron chi connectivity index (χ2n) is 4.62. The monoisotopic (exact) mass is 332 g/mol. The van der Waals surface area contributed by atoms with E-state index in [4.69, 9.17) is 20.0 Å². The first kappa shape index (κ1) is 20.3. The summed E-state index contributed by atoms with van der Waals surface area (Å²) in [4.78, 5) is 36.8. The Labute approximate surface area is 128 Å². The summed E-state index contributed by atoms with van der Waals surface area (Å²) in [6.45, 7) is 0. The van der Waals surface area contributed by atoms with Crippen LogP contribution in [0.5, 0.6) is 0 Å². The first-order chi connectivity index (χ1) is 10.2. The Morgan fingerprint density at radius 3 is 1.82 bits per heavy atom. The summed E-state index contributed by atoms with van der Waals surface area (Å²) in [6, 6.07) is 9.69. The summed E-state index contributed by atoms with van der Waals surface area (Å²) in [7, 11) is -3.80. The normalized spacial score (nSPS) is 10.5. The Bertz CT molecular complexity index is 481. The number of aliphatic carboxylic acids is 2. The van der Waals surface area contributed by atoms with Gasteiger partial charge in [0, 0.05) is 12.8 Å². The van der Waals surface area contributed by atoms with Gasteiger partial charge >= 0.3 is 19.5 Å². The molecule has 0 fully saturated rings. The van der Waals surface area contributed by atoms with Gasteiger partial charge in [0.2, 0.25) is 0 Å². The maximum Gasteiger partial charge on any atom is 0.325 e. The number of carboxylic acids is 2. The Morgan fingerprint density at radius 1 is 0.909 bits per heavy atom. The molecule has 0 atom stereocenters. The molecule has 7 nitrogen and oxygen atoms in total. The van der Waals surface area contributed by atoms with Gasteiger partial charge < -0.3 is 20.0 Å². The highest BCUT2D eigenvalue weighted by molar-refractivity contribution is 7.51. The molecule has 8 heteroatoms. The fourth-order valence-corrected chi connectivity index (χ4v) is 2.09. The van der Waals surface area contributed by atoms with Gasteiger partial charge in [0.05, 0.1) is 6.16 Å². The van der Waals surface area contributed by atoms with E-state index in [9.17, 15) is 14.2 Å². The van der Waals surface area contributed by atoms with Gasteiger partial charge in [-0.15, -0.1) is 0 Å². The van der Waals surface area contributed by atoms with Crippen LogP contribution in [0.25, 0.3) is 0 Å². The number of hydrogen-bond acceptors (Lipinski definition) is 3. The summed E-state index contributed by atoms with van der Waals surface area (Å²) in [5.74, 6) is -1.90. The van der Waals surface area contributed by atoms with E-state index in [1.54, 1.807) is 0 Å². The van der Waals surface area contributed by atoms with Crippen molar-refractivity contribution in [2.24, 2.45) is 0 Å². The molecular weight excluding hydrogens is 311 g/mol. The average molecular weight is 332 g/mol. The molecule has 22 heavy (non-hydrogen) atoms. The highest BCUT2D eigenvalue weighted by atomic mass is 31.2. The van der Waals surface area contributed by atoms with E-state index in [0.29, 0.717) is 6.42 Å². The van der Waals surface area contributed by atoms with Gasteiger partial charge in [0.25, 0.3) is 0 Å². The predicted octanol–water partition coefficient (Wildman–Crippen LogP) is 2.12. The lowest BCUT2D eigenvalue weighted by atomic mass is 10.1. The third-order valence-electron chi connectivity index (χ3n) is 2.54. The predicted molar refractivity (Wildman–Crippen MR) is 80.8 cm³/mol. The van der Waals surface area contributed by atoms with E-state index < -0.39 is 19.5 Å². The first-order valence-corrected chi connectivity index (χ1v) is 8.52. The number of hydrogen-bond donors (Lipinski definition) is 4. The van der Waals surface area contributed by atoms with Crippen LogP contribution in [0.3, 0.4) is 0 Å². The third kappa shape index (κ3) is 14.7. The molecule has 0 aliphatic rings. The molecule has 0 bridgehead atoms. The summed E-state index contributed by atoms with van der Waals surface area (Å²) >= 11 is 0. The van der Waals surface area contributed by atoms with Crippen LogP contribution in [-0.4, -0.2) is 38.1 Å². The van der Waals surface area contributed by atoms with Crippen molar-refractivity contribution in [1.82, 2.24) is 0 Å². The van der Waals surface area contributed by atoms with E-state index in [1.807, 2.05) is 30.3 Å². The second kappa shape index (κ2) is 11.0. The maximum atomic E-state index is 10.5. The fraction of sp³-hybridized carbons (Fsp3) is 0.429. The molecule has 4 N–H and O–H groups in total. The molecular formula is C14H21O7P. The van der Waals surface area contributed by atoms with E-state index in [0.717, 1.165) is 12.0 Å². The first-order valence-electron chi connectivity index (χ1n) is 6.73. The molecule has 0 aliphatic heterocycles. The number of aryl methyl sites for hydroxylation is 1. The zero-order valence-corrected chi connectivity index (χ0v) is 13.0. The van der Waals surface area contributed by atoms with Crippen LogP contribution < -0.4 is 0 Å². The van der Waals surface area contributed by atoms with E-state index >= 15 is 0 Å². The van der Waals surface area contributed by atoms with E-state index in [2.05, 4.69) is 0 Å². The lowest BCUT2D eigenvalue weighted by Crippen LogP contribution is -1.98. The van der Waals surface area contributed by atoms with Crippen molar-refractivity contribution >= 4 is 19.5 Å². The number of carbonyl (C=O) groups is 2. The van der Waals surface area contributed by atoms with Gasteiger partial charge in [-0.2, -0.15) is 0 Å². The minimum Gasteiger partial charge on any atom is -0.481 e. The molecule has 0 aromatic heterocycles. The van der Waals surface area contributed by atoms with Gasteiger partial charge in [-0.3, -0.25) is 14.2 Å². The lowest BCUT2D eigenvalue weighted by Gasteiger charge is -2.03. The maximum absolute atomic E-state index is 10.5.